The molecular weight excluding hydrogens is 216 g/mol. The van der Waals surface area contributed by atoms with Gasteiger partial charge in [-0.05, 0) is 19.4 Å². The number of piperidine rings is 1. The van der Waals surface area contributed by atoms with Crippen LogP contribution in [-0.2, 0) is 17.9 Å². The van der Waals surface area contributed by atoms with Gasteiger partial charge in [-0.15, -0.1) is 0 Å². The lowest BCUT2D eigenvalue weighted by molar-refractivity contribution is -0.137. The van der Waals surface area contributed by atoms with Gasteiger partial charge in [0, 0.05) is 32.0 Å². The summed E-state index contributed by atoms with van der Waals surface area (Å²) in [5, 5.41) is 3.30. The highest BCUT2D eigenvalue weighted by molar-refractivity contribution is 5.79. The summed E-state index contributed by atoms with van der Waals surface area (Å²) < 4.78 is 2.13. The number of fused-ring (bicyclic) bond motifs is 1. The fourth-order valence-electron chi connectivity index (χ4n) is 2.68. The molecule has 1 saturated heterocycles. The van der Waals surface area contributed by atoms with E-state index >= 15 is 0 Å². The van der Waals surface area contributed by atoms with Gasteiger partial charge in [0.1, 0.15) is 5.82 Å². The Kier molecular flexibility index (Phi) is 2.84. The smallest absolute Gasteiger partial charge is 0.227 e. The fraction of sp³-hybridized carbons (Fsp3) is 0.667. The van der Waals surface area contributed by atoms with Gasteiger partial charge in [0.05, 0.1) is 12.5 Å². The van der Waals surface area contributed by atoms with E-state index in [1.165, 1.54) is 0 Å². The van der Waals surface area contributed by atoms with Crippen molar-refractivity contribution in [3.8, 4) is 0 Å². The summed E-state index contributed by atoms with van der Waals surface area (Å²) in [6.07, 6.45) is 5.93. The maximum atomic E-state index is 12.3. The van der Waals surface area contributed by atoms with E-state index in [2.05, 4.69) is 14.9 Å². The number of carbonyl (C=O) groups is 1. The van der Waals surface area contributed by atoms with Crippen LogP contribution in [0.15, 0.2) is 12.4 Å². The number of nitrogens with one attached hydrogen (secondary N) is 1. The Balaban J connectivity index is 1.67. The van der Waals surface area contributed by atoms with Crippen molar-refractivity contribution in [3.05, 3.63) is 18.2 Å². The molecule has 1 N–H and O–H groups in total. The quantitative estimate of drug-likeness (QED) is 0.756. The first-order valence-corrected chi connectivity index (χ1v) is 6.34. The van der Waals surface area contributed by atoms with Gasteiger partial charge in [0.25, 0.3) is 0 Å². The van der Waals surface area contributed by atoms with E-state index < -0.39 is 0 Å². The van der Waals surface area contributed by atoms with Crippen molar-refractivity contribution in [1.29, 1.82) is 0 Å². The van der Waals surface area contributed by atoms with Crippen molar-refractivity contribution in [2.24, 2.45) is 5.92 Å². The molecule has 0 saturated carbocycles. The normalized spacial score (nSPS) is 24.5. The number of hydrogen-bond acceptors (Lipinski definition) is 3. The van der Waals surface area contributed by atoms with Crippen molar-refractivity contribution >= 4 is 5.91 Å². The van der Waals surface area contributed by atoms with Gasteiger partial charge in [0.2, 0.25) is 5.91 Å². The average Bonchev–Trinajstić information content (AvgIpc) is 2.86. The summed E-state index contributed by atoms with van der Waals surface area (Å²) in [6, 6.07) is 0. The molecule has 17 heavy (non-hydrogen) atoms. The first kappa shape index (κ1) is 10.8. The van der Waals surface area contributed by atoms with Crippen LogP contribution in [0.3, 0.4) is 0 Å². The fourth-order valence-corrected chi connectivity index (χ4v) is 2.68. The summed E-state index contributed by atoms with van der Waals surface area (Å²) in [5.74, 6) is 1.48. The summed E-state index contributed by atoms with van der Waals surface area (Å²) in [4.78, 5) is 18.6. The zero-order chi connectivity index (χ0) is 11.7. The van der Waals surface area contributed by atoms with Crippen LogP contribution in [0.4, 0.5) is 0 Å². The van der Waals surface area contributed by atoms with Crippen molar-refractivity contribution < 1.29 is 4.79 Å². The highest BCUT2D eigenvalue weighted by atomic mass is 16.2. The summed E-state index contributed by atoms with van der Waals surface area (Å²) in [6.45, 7) is 4.25. The standard InChI is InChI=1S/C12H18N4O/c17-12(10-2-1-3-13-8-10)16-7-6-15-5-4-14-11(15)9-16/h4-5,10,13H,1-3,6-9H2/t10-/m0/s1. The third kappa shape index (κ3) is 2.07. The Labute approximate surface area is 101 Å². The second-order valence-corrected chi connectivity index (χ2v) is 4.84. The van der Waals surface area contributed by atoms with Gasteiger partial charge in [-0.1, -0.05) is 0 Å². The van der Waals surface area contributed by atoms with E-state index in [1.807, 2.05) is 17.3 Å². The van der Waals surface area contributed by atoms with Crippen LogP contribution in [0.5, 0.6) is 0 Å². The zero-order valence-electron chi connectivity index (χ0n) is 9.93. The van der Waals surface area contributed by atoms with Crippen molar-refractivity contribution in [3.63, 3.8) is 0 Å². The molecule has 0 unspecified atom stereocenters. The Bertz CT molecular complexity index is 408. The molecular formula is C12H18N4O. The molecule has 1 atom stereocenters. The van der Waals surface area contributed by atoms with Gasteiger partial charge >= 0.3 is 0 Å². The molecule has 2 aliphatic heterocycles. The van der Waals surface area contributed by atoms with Crippen LogP contribution in [0.2, 0.25) is 0 Å². The molecule has 1 aromatic heterocycles. The van der Waals surface area contributed by atoms with E-state index in [0.29, 0.717) is 12.5 Å². The molecule has 5 nitrogen and oxygen atoms in total. The molecule has 0 bridgehead atoms. The minimum Gasteiger partial charge on any atom is -0.333 e. The number of rotatable bonds is 1. The van der Waals surface area contributed by atoms with Gasteiger partial charge in [-0.25, -0.2) is 4.98 Å². The molecule has 5 heteroatoms. The first-order chi connectivity index (χ1) is 8.34. The minimum absolute atomic E-state index is 0.172. The Morgan fingerprint density at radius 2 is 2.41 bits per heavy atom. The predicted molar refractivity (Wildman–Crippen MR) is 63.2 cm³/mol. The highest BCUT2D eigenvalue weighted by Crippen LogP contribution is 2.17. The number of nitrogens with zero attached hydrogens (tertiary/aromatic N) is 3. The van der Waals surface area contributed by atoms with Gasteiger partial charge in [-0.2, -0.15) is 0 Å². The number of carbonyl (C=O) groups excluding carboxylic acids is 1. The summed E-state index contributed by atoms with van der Waals surface area (Å²) in [5.41, 5.74) is 0. The zero-order valence-corrected chi connectivity index (χ0v) is 9.93. The Morgan fingerprint density at radius 1 is 1.47 bits per heavy atom. The molecule has 1 amide bonds. The number of hydrogen-bond donors (Lipinski definition) is 1. The van der Waals surface area contributed by atoms with Crippen molar-refractivity contribution in [1.82, 2.24) is 19.8 Å². The minimum atomic E-state index is 0.172. The third-order valence-electron chi connectivity index (χ3n) is 3.70. The topological polar surface area (TPSA) is 50.2 Å². The third-order valence-corrected chi connectivity index (χ3v) is 3.70. The Morgan fingerprint density at radius 3 is 3.24 bits per heavy atom. The Hall–Kier alpha value is -1.36. The maximum Gasteiger partial charge on any atom is 0.227 e. The molecule has 2 aliphatic rings. The molecule has 0 aliphatic carbocycles. The van der Waals surface area contributed by atoms with Crippen LogP contribution in [-0.4, -0.2) is 40.0 Å². The van der Waals surface area contributed by atoms with Gasteiger partial charge < -0.3 is 14.8 Å². The maximum absolute atomic E-state index is 12.3. The monoisotopic (exact) mass is 234 g/mol. The molecule has 0 radical (unpaired) electrons. The second-order valence-electron chi connectivity index (χ2n) is 4.84. The molecule has 0 aromatic carbocycles. The lowest BCUT2D eigenvalue weighted by Crippen LogP contribution is -2.45. The van der Waals surface area contributed by atoms with E-state index in [-0.39, 0.29) is 5.92 Å². The number of aromatic nitrogens is 2. The largest absolute Gasteiger partial charge is 0.333 e. The second kappa shape index (κ2) is 4.49. The number of amides is 1. The van der Waals surface area contributed by atoms with E-state index in [4.69, 9.17) is 0 Å². The SMILES string of the molecule is O=C([C@H]1CCCNC1)N1CCn2ccnc2C1. The summed E-state index contributed by atoms with van der Waals surface area (Å²) >= 11 is 0. The van der Waals surface area contributed by atoms with Crippen molar-refractivity contribution in [2.45, 2.75) is 25.9 Å². The van der Waals surface area contributed by atoms with Gasteiger partial charge in [0.15, 0.2) is 0 Å². The van der Waals surface area contributed by atoms with E-state index in [0.717, 1.165) is 44.8 Å². The van der Waals surface area contributed by atoms with Crippen LogP contribution in [0.25, 0.3) is 0 Å². The van der Waals surface area contributed by atoms with Crippen molar-refractivity contribution in [2.75, 3.05) is 19.6 Å². The van der Waals surface area contributed by atoms with Crippen LogP contribution < -0.4 is 5.32 Å². The average molecular weight is 234 g/mol. The molecule has 92 valence electrons. The lowest BCUT2D eigenvalue weighted by Gasteiger charge is -2.32. The van der Waals surface area contributed by atoms with Crippen LogP contribution in [0.1, 0.15) is 18.7 Å². The van der Waals surface area contributed by atoms with E-state index in [9.17, 15) is 4.79 Å². The number of imidazole rings is 1. The molecule has 0 spiro atoms. The predicted octanol–water partition coefficient (Wildman–Crippen LogP) is 0.225. The highest BCUT2D eigenvalue weighted by Gasteiger charge is 2.28. The van der Waals surface area contributed by atoms with Gasteiger partial charge in [-0.3, -0.25) is 4.79 Å². The van der Waals surface area contributed by atoms with Crippen LogP contribution >= 0.6 is 0 Å². The first-order valence-electron chi connectivity index (χ1n) is 6.34. The van der Waals surface area contributed by atoms with Crippen LogP contribution in [0, 0.1) is 5.92 Å². The molecule has 1 fully saturated rings. The molecule has 1 aromatic rings. The lowest BCUT2D eigenvalue weighted by atomic mass is 9.98. The summed E-state index contributed by atoms with van der Waals surface area (Å²) in [7, 11) is 0. The van der Waals surface area contributed by atoms with E-state index in [1.54, 1.807) is 0 Å². The molecule has 3 heterocycles. The molecule has 3 rings (SSSR count).